The lowest BCUT2D eigenvalue weighted by Crippen LogP contribution is -2.49. The van der Waals surface area contributed by atoms with E-state index in [2.05, 4.69) is 10.6 Å². The van der Waals surface area contributed by atoms with E-state index in [1.54, 1.807) is 24.3 Å². The molecule has 2 aromatic carbocycles. The Labute approximate surface area is 177 Å². The molecule has 0 spiro atoms. The molecule has 8 nitrogen and oxygen atoms in total. The Morgan fingerprint density at radius 3 is 2.71 bits per heavy atom. The summed E-state index contributed by atoms with van der Waals surface area (Å²) in [7, 11) is 0. The van der Waals surface area contributed by atoms with E-state index in [4.69, 9.17) is 9.47 Å². The van der Waals surface area contributed by atoms with Gasteiger partial charge in [-0.05, 0) is 37.3 Å². The molecule has 1 atom stereocenters. The molecule has 0 saturated carbocycles. The van der Waals surface area contributed by atoms with Gasteiger partial charge in [0.1, 0.15) is 24.7 Å². The van der Waals surface area contributed by atoms with Crippen LogP contribution in [0.5, 0.6) is 5.75 Å². The monoisotopic (exact) mass is 425 g/mol. The number of amides is 3. The molecule has 9 heteroatoms. The molecule has 2 aliphatic heterocycles. The highest BCUT2D eigenvalue weighted by molar-refractivity contribution is 6.00. The van der Waals surface area contributed by atoms with Crippen molar-refractivity contribution in [1.82, 2.24) is 10.2 Å². The molecular weight excluding hydrogens is 405 g/mol. The summed E-state index contributed by atoms with van der Waals surface area (Å²) in [5.74, 6) is -0.941. The summed E-state index contributed by atoms with van der Waals surface area (Å²) in [6, 6.07) is 11.1. The van der Waals surface area contributed by atoms with Crippen LogP contribution in [0.3, 0.4) is 0 Å². The first-order valence-electron chi connectivity index (χ1n) is 9.73. The van der Waals surface area contributed by atoms with Crippen molar-refractivity contribution < 1.29 is 28.2 Å². The molecular formula is C22H20FN3O5. The van der Waals surface area contributed by atoms with Crippen molar-refractivity contribution >= 4 is 23.6 Å². The number of carbonyl (C=O) groups excluding carboxylic acids is 3. The van der Waals surface area contributed by atoms with Gasteiger partial charge < -0.3 is 20.1 Å². The summed E-state index contributed by atoms with van der Waals surface area (Å²) in [6.45, 7) is 1.81. The lowest BCUT2D eigenvalue weighted by molar-refractivity contribution is -0.136. The number of hydrogen-bond acceptors (Lipinski definition) is 5. The molecule has 160 valence electrons. The number of benzene rings is 2. The van der Waals surface area contributed by atoms with Crippen LogP contribution in [0.2, 0.25) is 0 Å². The van der Waals surface area contributed by atoms with E-state index in [9.17, 15) is 18.8 Å². The summed E-state index contributed by atoms with van der Waals surface area (Å²) in [5.41, 5.74) is 1.61. The maximum atomic E-state index is 13.1. The molecule has 0 saturated heterocycles. The summed E-state index contributed by atoms with van der Waals surface area (Å²) in [4.78, 5) is 39.0. The Balaban J connectivity index is 1.61. The van der Waals surface area contributed by atoms with Gasteiger partial charge in [0, 0.05) is 11.3 Å². The van der Waals surface area contributed by atoms with Gasteiger partial charge in [-0.3, -0.25) is 9.69 Å². The zero-order valence-electron chi connectivity index (χ0n) is 16.7. The van der Waals surface area contributed by atoms with E-state index in [0.717, 1.165) is 0 Å². The van der Waals surface area contributed by atoms with Crippen molar-refractivity contribution in [2.75, 3.05) is 25.1 Å². The second kappa shape index (κ2) is 8.47. The Morgan fingerprint density at radius 2 is 1.97 bits per heavy atom. The normalized spacial score (nSPS) is 17.7. The highest BCUT2D eigenvalue weighted by Crippen LogP contribution is 2.38. The molecule has 2 aromatic rings. The van der Waals surface area contributed by atoms with Crippen molar-refractivity contribution in [3.05, 3.63) is 71.2 Å². The summed E-state index contributed by atoms with van der Waals surface area (Å²) >= 11 is 0. The molecule has 2 N–H and O–H groups in total. The molecule has 0 fully saturated rings. The van der Waals surface area contributed by atoms with E-state index >= 15 is 0 Å². The number of nitrogens with zero attached hydrogens (tertiary/aromatic N) is 1. The fourth-order valence-electron chi connectivity index (χ4n) is 3.59. The van der Waals surface area contributed by atoms with Gasteiger partial charge in [-0.25, -0.2) is 14.0 Å². The second-order valence-electron chi connectivity index (χ2n) is 6.93. The number of carbonyl (C=O) groups is 3. The maximum Gasteiger partial charge on any atom is 0.338 e. The Morgan fingerprint density at radius 1 is 1.23 bits per heavy atom. The Kier molecular flexibility index (Phi) is 5.57. The van der Waals surface area contributed by atoms with Crippen molar-refractivity contribution in [2.45, 2.75) is 13.0 Å². The van der Waals surface area contributed by atoms with Gasteiger partial charge in [-0.2, -0.15) is 0 Å². The lowest BCUT2D eigenvalue weighted by Gasteiger charge is -2.33. The fraction of sp³-hybridized carbons (Fsp3) is 0.227. The molecule has 31 heavy (non-hydrogen) atoms. The van der Waals surface area contributed by atoms with E-state index in [0.29, 0.717) is 29.3 Å². The van der Waals surface area contributed by atoms with Crippen LogP contribution >= 0.6 is 0 Å². The number of esters is 1. The Hall–Kier alpha value is -3.88. The standard InChI is InChI=1S/C22H20FN3O5/c1-2-30-17-6-4-3-5-15(17)20-19-16(12-31-21(19)28)26(22(29)25-20)11-18(27)24-14-9-7-13(23)8-10-14/h3-10,20H,2,11-12H2,1H3,(H,24,27)(H,25,29)/t20-/m0/s1. The molecule has 0 radical (unpaired) electrons. The summed E-state index contributed by atoms with van der Waals surface area (Å²) < 4.78 is 23.9. The molecule has 0 bridgehead atoms. The first-order valence-corrected chi connectivity index (χ1v) is 9.73. The van der Waals surface area contributed by atoms with Gasteiger partial charge in [0.15, 0.2) is 0 Å². The van der Waals surface area contributed by atoms with Gasteiger partial charge >= 0.3 is 12.0 Å². The number of para-hydroxylation sites is 1. The van der Waals surface area contributed by atoms with Crippen LogP contribution in [0.4, 0.5) is 14.9 Å². The van der Waals surface area contributed by atoms with Gasteiger partial charge in [0.05, 0.1) is 23.9 Å². The van der Waals surface area contributed by atoms with Crippen LogP contribution < -0.4 is 15.4 Å². The maximum absolute atomic E-state index is 13.1. The average molecular weight is 425 g/mol. The summed E-state index contributed by atoms with van der Waals surface area (Å²) in [5, 5.41) is 5.38. The number of cyclic esters (lactones) is 1. The highest BCUT2D eigenvalue weighted by atomic mass is 19.1. The molecule has 2 heterocycles. The zero-order valence-corrected chi connectivity index (χ0v) is 16.7. The van der Waals surface area contributed by atoms with Crippen molar-refractivity contribution in [2.24, 2.45) is 0 Å². The fourth-order valence-corrected chi connectivity index (χ4v) is 3.59. The largest absolute Gasteiger partial charge is 0.494 e. The minimum absolute atomic E-state index is 0.112. The number of anilines is 1. The smallest absolute Gasteiger partial charge is 0.338 e. The number of ether oxygens (including phenoxy) is 2. The molecule has 0 aromatic heterocycles. The van der Waals surface area contributed by atoms with Crippen LogP contribution in [0.15, 0.2) is 59.8 Å². The third-order valence-corrected chi connectivity index (χ3v) is 4.96. The van der Waals surface area contributed by atoms with E-state index in [1.807, 2.05) is 6.92 Å². The van der Waals surface area contributed by atoms with Gasteiger partial charge in [0.25, 0.3) is 0 Å². The predicted octanol–water partition coefficient (Wildman–Crippen LogP) is 2.74. The minimum atomic E-state index is -0.753. The first kappa shape index (κ1) is 20.4. The minimum Gasteiger partial charge on any atom is -0.494 e. The van der Waals surface area contributed by atoms with Crippen LogP contribution in [-0.4, -0.2) is 42.6 Å². The van der Waals surface area contributed by atoms with Gasteiger partial charge in [0.2, 0.25) is 5.91 Å². The third kappa shape index (κ3) is 4.07. The number of rotatable bonds is 6. The van der Waals surface area contributed by atoms with Gasteiger partial charge in [-0.15, -0.1) is 0 Å². The first-order chi connectivity index (χ1) is 15.0. The average Bonchev–Trinajstić information content (AvgIpc) is 3.14. The number of halogens is 1. The van der Waals surface area contributed by atoms with Gasteiger partial charge in [-0.1, -0.05) is 18.2 Å². The third-order valence-electron chi connectivity index (χ3n) is 4.96. The molecule has 3 amide bonds. The van der Waals surface area contributed by atoms with E-state index < -0.39 is 29.8 Å². The number of urea groups is 1. The molecule has 0 unspecified atom stereocenters. The number of hydrogen-bond donors (Lipinski definition) is 2. The number of nitrogens with one attached hydrogen (secondary N) is 2. The highest BCUT2D eigenvalue weighted by Gasteiger charge is 2.43. The van der Waals surface area contributed by atoms with Crippen LogP contribution in [-0.2, 0) is 14.3 Å². The quantitative estimate of drug-likeness (QED) is 0.694. The molecule has 2 aliphatic rings. The molecule has 4 rings (SSSR count). The summed E-state index contributed by atoms with van der Waals surface area (Å²) in [6.07, 6.45) is 0. The van der Waals surface area contributed by atoms with Crippen molar-refractivity contribution in [3.8, 4) is 5.75 Å². The zero-order chi connectivity index (χ0) is 22.0. The molecule has 0 aliphatic carbocycles. The SMILES string of the molecule is CCOc1ccccc1[C@@H]1NC(=O)N(CC(=O)Nc2ccc(F)cc2)C2=C1C(=O)OC2. The van der Waals surface area contributed by atoms with E-state index in [1.165, 1.54) is 29.2 Å². The topological polar surface area (TPSA) is 97.0 Å². The predicted molar refractivity (Wildman–Crippen MR) is 109 cm³/mol. The lowest BCUT2D eigenvalue weighted by atomic mass is 9.95. The van der Waals surface area contributed by atoms with E-state index in [-0.39, 0.29) is 18.7 Å². The van der Waals surface area contributed by atoms with Crippen molar-refractivity contribution in [1.29, 1.82) is 0 Å². The van der Waals surface area contributed by atoms with Crippen LogP contribution in [0, 0.1) is 5.82 Å². The van der Waals surface area contributed by atoms with Crippen LogP contribution in [0.25, 0.3) is 0 Å². The van der Waals surface area contributed by atoms with Crippen LogP contribution in [0.1, 0.15) is 18.5 Å². The second-order valence-corrected chi connectivity index (χ2v) is 6.93. The Bertz CT molecular complexity index is 1070. The van der Waals surface area contributed by atoms with Crippen molar-refractivity contribution in [3.63, 3.8) is 0 Å².